The maximum Gasteiger partial charge on any atom is 0.598 e. The van der Waals surface area contributed by atoms with Crippen LogP contribution in [0.3, 0.4) is 0 Å². The van der Waals surface area contributed by atoms with Crippen molar-refractivity contribution >= 4 is 8.97 Å². The van der Waals surface area contributed by atoms with E-state index in [0.29, 0.717) is 0 Å². The minimum atomic E-state index is -2.70. The SMILES string of the molecule is CCCN(CCNCc1ccccc1)[Si](OC)(OC)OC. The van der Waals surface area contributed by atoms with Crippen LogP contribution in [0.25, 0.3) is 0 Å². The van der Waals surface area contributed by atoms with Gasteiger partial charge in [-0.1, -0.05) is 37.3 Å². The molecule has 1 rings (SSSR count). The highest BCUT2D eigenvalue weighted by atomic mass is 28.4. The van der Waals surface area contributed by atoms with Crippen LogP contribution in [-0.2, 0) is 19.8 Å². The molecule has 0 aromatic heterocycles. The normalized spacial score (nSPS) is 12.0. The van der Waals surface area contributed by atoms with E-state index < -0.39 is 8.97 Å². The molecule has 0 bridgehead atoms. The van der Waals surface area contributed by atoms with Crippen molar-refractivity contribution in [2.24, 2.45) is 0 Å². The first kappa shape index (κ1) is 18.3. The Morgan fingerprint density at radius 3 is 2.14 bits per heavy atom. The average Bonchev–Trinajstić information content (AvgIpc) is 2.54. The first-order valence-corrected chi connectivity index (χ1v) is 9.04. The zero-order valence-electron chi connectivity index (χ0n) is 13.6. The van der Waals surface area contributed by atoms with E-state index in [4.69, 9.17) is 13.3 Å². The Labute approximate surface area is 129 Å². The summed E-state index contributed by atoms with van der Waals surface area (Å²) in [6, 6.07) is 10.4. The van der Waals surface area contributed by atoms with Gasteiger partial charge in [-0.3, -0.25) is 4.57 Å². The number of rotatable bonds is 11. The van der Waals surface area contributed by atoms with E-state index in [9.17, 15) is 0 Å². The van der Waals surface area contributed by atoms with Gasteiger partial charge in [-0.2, -0.15) is 0 Å². The van der Waals surface area contributed by atoms with Crippen LogP contribution >= 0.6 is 0 Å². The van der Waals surface area contributed by atoms with Gasteiger partial charge < -0.3 is 18.6 Å². The van der Waals surface area contributed by atoms with Crippen LogP contribution in [0.2, 0.25) is 0 Å². The summed E-state index contributed by atoms with van der Waals surface area (Å²) in [4.78, 5) is 0. The highest BCUT2D eigenvalue weighted by Crippen LogP contribution is 2.13. The number of nitrogens with zero attached hydrogens (tertiary/aromatic N) is 1. The summed E-state index contributed by atoms with van der Waals surface area (Å²) in [6.45, 7) is 5.60. The molecule has 0 atom stereocenters. The molecule has 120 valence electrons. The van der Waals surface area contributed by atoms with Crippen molar-refractivity contribution in [3.8, 4) is 0 Å². The van der Waals surface area contributed by atoms with E-state index in [1.807, 2.05) is 6.07 Å². The molecule has 0 fully saturated rings. The number of hydrogen-bond acceptors (Lipinski definition) is 5. The van der Waals surface area contributed by atoms with Gasteiger partial charge in [0, 0.05) is 41.0 Å². The predicted octanol–water partition coefficient (Wildman–Crippen LogP) is 1.86. The van der Waals surface area contributed by atoms with E-state index in [-0.39, 0.29) is 0 Å². The zero-order valence-corrected chi connectivity index (χ0v) is 14.6. The zero-order chi connectivity index (χ0) is 15.6. The standard InChI is InChI=1S/C15H28N2O3Si/c1-5-12-17(21(18-2,19-3)20-4)13-11-16-14-15-9-7-6-8-10-15/h6-10,16H,5,11-14H2,1-4H3. The topological polar surface area (TPSA) is 43.0 Å². The summed E-state index contributed by atoms with van der Waals surface area (Å²) in [5, 5.41) is 3.45. The first-order chi connectivity index (χ1) is 10.2. The summed E-state index contributed by atoms with van der Waals surface area (Å²) in [5.41, 5.74) is 1.29. The maximum absolute atomic E-state index is 5.56. The van der Waals surface area contributed by atoms with E-state index >= 15 is 0 Å². The highest BCUT2D eigenvalue weighted by Gasteiger charge is 2.45. The number of benzene rings is 1. The monoisotopic (exact) mass is 312 g/mol. The van der Waals surface area contributed by atoms with Gasteiger partial charge in [0.2, 0.25) is 0 Å². The fraction of sp³-hybridized carbons (Fsp3) is 0.600. The largest absolute Gasteiger partial charge is 0.598 e. The lowest BCUT2D eigenvalue weighted by atomic mass is 10.2. The van der Waals surface area contributed by atoms with Crippen LogP contribution in [0.4, 0.5) is 0 Å². The van der Waals surface area contributed by atoms with Gasteiger partial charge in [-0.25, -0.2) is 0 Å². The van der Waals surface area contributed by atoms with Gasteiger partial charge in [0.1, 0.15) is 0 Å². The smallest absolute Gasteiger partial charge is 0.364 e. The van der Waals surface area contributed by atoms with Gasteiger partial charge in [0.05, 0.1) is 0 Å². The van der Waals surface area contributed by atoms with Crippen molar-refractivity contribution in [3.05, 3.63) is 35.9 Å². The third-order valence-electron chi connectivity index (χ3n) is 3.39. The summed E-state index contributed by atoms with van der Waals surface area (Å²) in [7, 11) is 2.25. The van der Waals surface area contributed by atoms with Crippen molar-refractivity contribution < 1.29 is 13.3 Å². The van der Waals surface area contributed by atoms with Gasteiger partial charge in [0.25, 0.3) is 0 Å². The molecule has 0 radical (unpaired) electrons. The third kappa shape index (κ3) is 5.50. The maximum atomic E-state index is 5.56. The minimum Gasteiger partial charge on any atom is -0.364 e. The second kappa shape index (κ2) is 10.0. The fourth-order valence-corrected chi connectivity index (χ4v) is 4.49. The van der Waals surface area contributed by atoms with Crippen LogP contribution < -0.4 is 5.32 Å². The molecule has 0 aliphatic rings. The lowest BCUT2D eigenvalue weighted by Crippen LogP contribution is -2.60. The molecule has 0 heterocycles. The summed E-state index contributed by atoms with van der Waals surface area (Å²) in [5.74, 6) is 0. The van der Waals surface area contributed by atoms with E-state index in [0.717, 1.165) is 32.6 Å². The van der Waals surface area contributed by atoms with E-state index in [1.54, 1.807) is 21.3 Å². The third-order valence-corrected chi connectivity index (χ3v) is 6.15. The Hall–Kier alpha value is -0.763. The Bertz CT molecular complexity index is 366. The number of hydrogen-bond donors (Lipinski definition) is 1. The molecule has 1 aromatic carbocycles. The van der Waals surface area contributed by atoms with Gasteiger partial charge in [-0.15, -0.1) is 0 Å². The molecule has 21 heavy (non-hydrogen) atoms. The molecule has 0 aliphatic heterocycles. The molecular weight excluding hydrogens is 284 g/mol. The predicted molar refractivity (Wildman–Crippen MR) is 86.8 cm³/mol. The lowest BCUT2D eigenvalue weighted by Gasteiger charge is -2.35. The molecule has 0 saturated carbocycles. The van der Waals surface area contributed by atoms with Gasteiger partial charge >= 0.3 is 8.97 Å². The van der Waals surface area contributed by atoms with Gasteiger partial charge in [0.15, 0.2) is 0 Å². The molecule has 0 spiro atoms. The van der Waals surface area contributed by atoms with Crippen LogP contribution in [0.5, 0.6) is 0 Å². The van der Waals surface area contributed by atoms with Crippen molar-refractivity contribution in [3.63, 3.8) is 0 Å². The van der Waals surface area contributed by atoms with Crippen molar-refractivity contribution in [2.45, 2.75) is 19.9 Å². The molecule has 1 aromatic rings. The molecule has 0 saturated heterocycles. The quantitative estimate of drug-likeness (QED) is 0.499. The lowest BCUT2D eigenvalue weighted by molar-refractivity contribution is 0.0575. The molecular formula is C15H28N2O3Si. The van der Waals surface area contributed by atoms with Crippen molar-refractivity contribution in [1.29, 1.82) is 0 Å². The Morgan fingerprint density at radius 1 is 1.00 bits per heavy atom. The molecule has 5 nitrogen and oxygen atoms in total. The molecule has 0 unspecified atom stereocenters. The van der Waals surface area contributed by atoms with Crippen LogP contribution in [-0.4, -0.2) is 54.5 Å². The summed E-state index contributed by atoms with van der Waals surface area (Å²) in [6.07, 6.45) is 1.03. The Kier molecular flexibility index (Phi) is 8.75. The van der Waals surface area contributed by atoms with Gasteiger partial charge in [-0.05, 0) is 18.5 Å². The van der Waals surface area contributed by atoms with E-state index in [1.165, 1.54) is 5.56 Å². The summed E-state index contributed by atoms with van der Waals surface area (Å²) < 4.78 is 18.9. The molecule has 1 N–H and O–H groups in total. The van der Waals surface area contributed by atoms with E-state index in [2.05, 4.69) is 41.1 Å². The van der Waals surface area contributed by atoms with Crippen LogP contribution in [0, 0.1) is 0 Å². The minimum absolute atomic E-state index is 0.836. The fourth-order valence-electron chi connectivity index (χ4n) is 2.34. The molecule has 6 heteroatoms. The Balaban J connectivity index is 2.47. The van der Waals surface area contributed by atoms with Crippen LogP contribution in [0.15, 0.2) is 30.3 Å². The Morgan fingerprint density at radius 2 is 1.62 bits per heavy atom. The second-order valence-electron chi connectivity index (χ2n) is 4.79. The van der Waals surface area contributed by atoms with Crippen molar-refractivity contribution in [1.82, 2.24) is 9.88 Å². The first-order valence-electron chi connectivity index (χ1n) is 7.37. The molecule has 0 aliphatic carbocycles. The molecule has 0 amide bonds. The highest BCUT2D eigenvalue weighted by molar-refractivity contribution is 6.57. The second-order valence-corrected chi connectivity index (χ2v) is 7.69. The van der Waals surface area contributed by atoms with Crippen molar-refractivity contribution in [2.75, 3.05) is 41.0 Å². The number of nitrogens with one attached hydrogen (secondary N) is 1. The average molecular weight is 312 g/mol. The summed E-state index contributed by atoms with van der Waals surface area (Å²) >= 11 is 0. The van der Waals surface area contributed by atoms with Crippen LogP contribution in [0.1, 0.15) is 18.9 Å².